The molecular formula is C26H28N6O3. The highest BCUT2D eigenvalue weighted by Gasteiger charge is 2.26. The number of H-pyrrole nitrogens is 1. The first-order chi connectivity index (χ1) is 16.9. The molecular weight excluding hydrogens is 444 g/mol. The normalized spacial score (nSPS) is 14.8. The molecule has 0 fully saturated rings. The highest BCUT2D eigenvalue weighted by molar-refractivity contribution is 5.94. The van der Waals surface area contributed by atoms with Gasteiger partial charge in [0, 0.05) is 38.3 Å². The molecule has 2 aromatic carbocycles. The van der Waals surface area contributed by atoms with Gasteiger partial charge < -0.3 is 19.3 Å². The van der Waals surface area contributed by atoms with Crippen LogP contribution < -0.4 is 14.4 Å². The van der Waals surface area contributed by atoms with Crippen molar-refractivity contribution in [1.82, 2.24) is 25.1 Å². The van der Waals surface area contributed by atoms with E-state index in [1.807, 2.05) is 54.5 Å². The zero-order valence-corrected chi connectivity index (χ0v) is 20.3. The van der Waals surface area contributed by atoms with Crippen molar-refractivity contribution >= 4 is 22.6 Å². The number of anilines is 1. The van der Waals surface area contributed by atoms with Crippen molar-refractivity contribution in [3.05, 3.63) is 60.2 Å². The van der Waals surface area contributed by atoms with Gasteiger partial charge in [-0.1, -0.05) is 6.07 Å². The lowest BCUT2D eigenvalue weighted by atomic mass is 9.95. The van der Waals surface area contributed by atoms with Crippen LogP contribution in [0.4, 0.5) is 5.82 Å². The molecule has 0 unspecified atom stereocenters. The van der Waals surface area contributed by atoms with E-state index in [9.17, 15) is 4.79 Å². The number of rotatable bonds is 6. The van der Waals surface area contributed by atoms with Crippen LogP contribution in [0.5, 0.6) is 11.5 Å². The Bertz CT molecular complexity index is 1370. The Hall–Kier alpha value is -4.14. The van der Waals surface area contributed by atoms with Crippen molar-refractivity contribution in [2.45, 2.75) is 12.3 Å². The number of benzene rings is 2. The third-order valence-corrected chi connectivity index (χ3v) is 6.30. The van der Waals surface area contributed by atoms with E-state index >= 15 is 0 Å². The second kappa shape index (κ2) is 9.25. The molecule has 2 aromatic heterocycles. The van der Waals surface area contributed by atoms with Gasteiger partial charge >= 0.3 is 0 Å². The first kappa shape index (κ1) is 22.6. The Morgan fingerprint density at radius 1 is 1.14 bits per heavy atom. The van der Waals surface area contributed by atoms with Gasteiger partial charge in [-0.3, -0.25) is 9.89 Å². The molecule has 9 heteroatoms. The van der Waals surface area contributed by atoms with Crippen molar-refractivity contribution in [1.29, 1.82) is 0 Å². The lowest BCUT2D eigenvalue weighted by molar-refractivity contribution is -0.127. The second-order valence-electron chi connectivity index (χ2n) is 8.95. The number of nitrogens with zero attached hydrogens (tertiary/aromatic N) is 5. The van der Waals surface area contributed by atoms with Crippen LogP contribution >= 0.6 is 0 Å². The maximum atomic E-state index is 12.5. The smallest absolute Gasteiger partial charge is 0.241 e. The Morgan fingerprint density at radius 2 is 2.00 bits per heavy atom. The summed E-state index contributed by atoms with van der Waals surface area (Å²) < 4.78 is 11.4. The van der Waals surface area contributed by atoms with Crippen molar-refractivity contribution in [3.63, 3.8) is 0 Å². The second-order valence-corrected chi connectivity index (χ2v) is 8.95. The number of hydrogen-bond acceptors (Lipinski definition) is 7. The van der Waals surface area contributed by atoms with Crippen LogP contribution in [0, 0.1) is 0 Å². The van der Waals surface area contributed by atoms with E-state index in [0.717, 1.165) is 45.5 Å². The van der Waals surface area contributed by atoms with E-state index in [1.54, 1.807) is 32.3 Å². The summed E-state index contributed by atoms with van der Waals surface area (Å²) in [6.07, 6.45) is 4.37. The summed E-state index contributed by atoms with van der Waals surface area (Å²) in [5.41, 5.74) is 3.86. The number of likely N-dealkylation sites (N-methyl/N-ethyl adjacent to an activating group) is 2. The van der Waals surface area contributed by atoms with Crippen molar-refractivity contribution in [3.8, 4) is 22.6 Å². The first-order valence-corrected chi connectivity index (χ1v) is 11.4. The van der Waals surface area contributed by atoms with Gasteiger partial charge in [0.25, 0.3) is 0 Å². The molecule has 9 nitrogen and oxygen atoms in total. The topological polar surface area (TPSA) is 96.5 Å². The van der Waals surface area contributed by atoms with Crippen molar-refractivity contribution in [2.24, 2.45) is 0 Å². The summed E-state index contributed by atoms with van der Waals surface area (Å²) >= 11 is 0. The largest absolute Gasteiger partial charge is 0.497 e. The van der Waals surface area contributed by atoms with Gasteiger partial charge in [-0.05, 0) is 47.9 Å². The van der Waals surface area contributed by atoms with Gasteiger partial charge in [0.05, 0.1) is 37.9 Å². The molecule has 35 heavy (non-hydrogen) atoms. The molecule has 0 bridgehead atoms. The Balaban J connectivity index is 1.57. The molecule has 0 saturated heterocycles. The van der Waals surface area contributed by atoms with Gasteiger partial charge in [0.1, 0.15) is 23.1 Å². The average Bonchev–Trinajstić information content (AvgIpc) is 3.42. The molecule has 0 spiro atoms. The standard InChI is InChI=1S/C26H28N6O3/c1-31(2)24(33)14-32(3)26-21-11-16(19-12-27-28-13-19)5-7-22(21)29-25(30-26)18-9-17-10-20(34-4)6-8-23(17)35-15-18/h5-8,10-13,18H,9,14-15H2,1-4H3,(H,27,28)/t18-/m1/s1. The fraction of sp³-hybridized carbons (Fsp3) is 0.308. The maximum absolute atomic E-state index is 12.5. The van der Waals surface area contributed by atoms with Gasteiger partial charge in [0.15, 0.2) is 0 Å². The van der Waals surface area contributed by atoms with Crippen LogP contribution in [-0.4, -0.2) is 72.4 Å². The molecule has 1 atom stereocenters. The summed E-state index contributed by atoms with van der Waals surface area (Å²) in [6.45, 7) is 0.688. The fourth-order valence-electron chi connectivity index (χ4n) is 4.27. The molecule has 1 N–H and O–H groups in total. The zero-order valence-electron chi connectivity index (χ0n) is 20.3. The number of amides is 1. The minimum absolute atomic E-state index is 0.00572. The molecule has 1 aliphatic rings. The number of fused-ring (bicyclic) bond motifs is 2. The number of hydrogen-bond donors (Lipinski definition) is 1. The van der Waals surface area contributed by atoms with Crippen LogP contribution in [0.25, 0.3) is 22.0 Å². The number of carbonyl (C=O) groups is 1. The Kier molecular flexibility index (Phi) is 5.98. The van der Waals surface area contributed by atoms with E-state index < -0.39 is 0 Å². The quantitative estimate of drug-likeness (QED) is 0.460. The van der Waals surface area contributed by atoms with E-state index in [4.69, 9.17) is 19.4 Å². The molecule has 1 aliphatic heterocycles. The lowest BCUT2D eigenvalue weighted by Crippen LogP contribution is -2.35. The molecule has 4 aromatic rings. The molecule has 1 amide bonds. The van der Waals surface area contributed by atoms with E-state index in [1.165, 1.54) is 0 Å². The van der Waals surface area contributed by atoms with Crippen molar-refractivity contribution in [2.75, 3.05) is 46.3 Å². The molecule has 0 saturated carbocycles. The number of carbonyl (C=O) groups excluding carboxylic acids is 1. The predicted octanol–water partition coefficient (Wildman–Crippen LogP) is 3.27. The molecule has 180 valence electrons. The van der Waals surface area contributed by atoms with Crippen LogP contribution in [-0.2, 0) is 11.2 Å². The number of ether oxygens (including phenoxy) is 2. The third kappa shape index (κ3) is 4.49. The van der Waals surface area contributed by atoms with E-state index in [0.29, 0.717) is 18.2 Å². The highest BCUT2D eigenvalue weighted by atomic mass is 16.5. The minimum atomic E-state index is -0.0238. The third-order valence-electron chi connectivity index (χ3n) is 6.30. The van der Waals surface area contributed by atoms with Gasteiger partial charge in [-0.25, -0.2) is 9.97 Å². The predicted molar refractivity (Wildman–Crippen MR) is 134 cm³/mol. The fourth-order valence-corrected chi connectivity index (χ4v) is 4.27. The van der Waals surface area contributed by atoms with Gasteiger partial charge in [-0.2, -0.15) is 5.10 Å². The maximum Gasteiger partial charge on any atom is 0.241 e. The number of aromatic nitrogens is 4. The molecule has 3 heterocycles. The Morgan fingerprint density at radius 3 is 2.74 bits per heavy atom. The number of nitrogens with one attached hydrogen (secondary N) is 1. The average molecular weight is 473 g/mol. The molecule has 5 rings (SSSR count). The summed E-state index contributed by atoms with van der Waals surface area (Å²) in [6, 6.07) is 11.9. The van der Waals surface area contributed by atoms with Gasteiger partial charge in [0.2, 0.25) is 5.91 Å². The van der Waals surface area contributed by atoms with E-state index in [-0.39, 0.29) is 18.4 Å². The van der Waals surface area contributed by atoms with Crippen molar-refractivity contribution < 1.29 is 14.3 Å². The van der Waals surface area contributed by atoms with Crippen LogP contribution in [0.2, 0.25) is 0 Å². The number of methoxy groups -OCH3 is 1. The monoisotopic (exact) mass is 472 g/mol. The van der Waals surface area contributed by atoms with Crippen LogP contribution in [0.1, 0.15) is 17.3 Å². The molecule has 0 aliphatic carbocycles. The summed E-state index contributed by atoms with van der Waals surface area (Å²) in [5, 5.41) is 7.79. The van der Waals surface area contributed by atoms with Crippen LogP contribution in [0.3, 0.4) is 0 Å². The summed E-state index contributed by atoms with van der Waals surface area (Å²) in [7, 11) is 7.04. The van der Waals surface area contributed by atoms with Gasteiger partial charge in [-0.15, -0.1) is 0 Å². The minimum Gasteiger partial charge on any atom is -0.497 e. The van der Waals surface area contributed by atoms with E-state index in [2.05, 4.69) is 10.2 Å². The summed E-state index contributed by atoms with van der Waals surface area (Å²) in [5.74, 6) is 3.03. The summed E-state index contributed by atoms with van der Waals surface area (Å²) in [4.78, 5) is 25.9. The number of aromatic amines is 1. The SMILES string of the molecule is COc1ccc2c(c1)C[C@@H](c1nc(N(C)CC(=O)N(C)C)c3cc(-c4cn[nH]c4)ccc3n1)CO2. The Labute approximate surface area is 203 Å². The first-order valence-electron chi connectivity index (χ1n) is 11.4. The van der Waals surface area contributed by atoms with Crippen LogP contribution in [0.15, 0.2) is 48.8 Å². The highest BCUT2D eigenvalue weighted by Crippen LogP contribution is 2.36. The lowest BCUT2D eigenvalue weighted by Gasteiger charge is -2.27. The molecule has 0 radical (unpaired) electrons. The zero-order chi connectivity index (χ0) is 24.5.